The average molecular weight is 306 g/mol. The van der Waals surface area contributed by atoms with Crippen LogP contribution in [0.4, 0.5) is 5.69 Å². The van der Waals surface area contributed by atoms with Crippen molar-refractivity contribution in [3.05, 3.63) is 48.4 Å². The zero-order valence-electron chi connectivity index (χ0n) is 12.4. The monoisotopic (exact) mass is 306 g/mol. The van der Waals surface area contributed by atoms with Crippen LogP contribution < -0.4 is 10.1 Å². The Hall–Kier alpha value is -3.40. The second-order valence-electron chi connectivity index (χ2n) is 4.71. The molecule has 0 saturated heterocycles. The molecule has 3 aromatic rings. The predicted octanol–water partition coefficient (Wildman–Crippen LogP) is 2.73. The third kappa shape index (κ3) is 3.27. The van der Waals surface area contributed by atoms with Crippen LogP contribution in [0.15, 0.2) is 42.6 Å². The Balaban J connectivity index is 1.83. The van der Waals surface area contributed by atoms with Gasteiger partial charge in [-0.15, -0.1) is 10.2 Å². The first-order chi connectivity index (χ1) is 11.3. The number of hydrogen-bond acceptors (Lipinski definition) is 6. The maximum Gasteiger partial charge on any atom is 0.216 e. The molecule has 0 aliphatic rings. The maximum absolute atomic E-state index is 9.13. The Morgan fingerprint density at radius 1 is 1.30 bits per heavy atom. The van der Waals surface area contributed by atoms with Crippen molar-refractivity contribution in [2.45, 2.75) is 6.92 Å². The Kier molecular flexibility index (Phi) is 4.16. The van der Waals surface area contributed by atoms with Crippen molar-refractivity contribution in [1.29, 1.82) is 5.26 Å². The molecule has 7 nitrogen and oxygen atoms in total. The molecule has 0 radical (unpaired) electrons. The first-order valence-electron chi connectivity index (χ1n) is 7.07. The zero-order valence-corrected chi connectivity index (χ0v) is 12.4. The van der Waals surface area contributed by atoms with Crippen LogP contribution >= 0.6 is 0 Å². The summed E-state index contributed by atoms with van der Waals surface area (Å²) in [7, 11) is 0. The molecule has 2 aromatic carbocycles. The molecule has 0 aliphatic heterocycles. The molecule has 7 heteroatoms. The van der Waals surface area contributed by atoms with E-state index in [-0.39, 0.29) is 5.82 Å². The fourth-order valence-electron chi connectivity index (χ4n) is 2.15. The lowest BCUT2D eigenvalue weighted by Crippen LogP contribution is -1.93. The highest BCUT2D eigenvalue weighted by Crippen LogP contribution is 2.24. The van der Waals surface area contributed by atoms with Gasteiger partial charge in [0.25, 0.3) is 0 Å². The van der Waals surface area contributed by atoms with Crippen LogP contribution in [-0.4, -0.2) is 27.2 Å². The largest absolute Gasteiger partial charge is 0.494 e. The van der Waals surface area contributed by atoms with Gasteiger partial charge < -0.3 is 10.1 Å². The minimum Gasteiger partial charge on any atom is -0.494 e. The highest BCUT2D eigenvalue weighted by atomic mass is 16.5. The standard InChI is InChI=1S/C16H14N6O/c1-2-23-15-6-4-11-7-14(5-3-12(11)8-15)18-10-13(9-17)16-19-21-22-20-16/h3-8,10,18H,2H2,1H3,(H,19,20,21,22). The van der Waals surface area contributed by atoms with Crippen LogP contribution in [0.5, 0.6) is 5.75 Å². The van der Waals surface area contributed by atoms with E-state index in [0.29, 0.717) is 12.2 Å². The van der Waals surface area contributed by atoms with Gasteiger partial charge >= 0.3 is 0 Å². The van der Waals surface area contributed by atoms with Crippen LogP contribution in [0, 0.1) is 11.3 Å². The summed E-state index contributed by atoms with van der Waals surface area (Å²) in [5, 5.41) is 27.7. The van der Waals surface area contributed by atoms with Crippen LogP contribution in [-0.2, 0) is 0 Å². The maximum atomic E-state index is 9.13. The second kappa shape index (κ2) is 6.58. The number of tetrazole rings is 1. The van der Waals surface area contributed by atoms with Crippen LogP contribution in [0.2, 0.25) is 0 Å². The number of anilines is 1. The van der Waals surface area contributed by atoms with Gasteiger partial charge in [-0.25, -0.2) is 0 Å². The molecule has 0 atom stereocenters. The molecule has 1 heterocycles. The molecule has 0 bridgehead atoms. The number of nitrogens with zero attached hydrogens (tertiary/aromatic N) is 4. The lowest BCUT2D eigenvalue weighted by atomic mass is 10.1. The lowest BCUT2D eigenvalue weighted by molar-refractivity contribution is 0.341. The fourth-order valence-corrected chi connectivity index (χ4v) is 2.15. The Morgan fingerprint density at radius 2 is 2.13 bits per heavy atom. The third-order valence-corrected chi connectivity index (χ3v) is 3.21. The molecule has 0 saturated carbocycles. The predicted molar refractivity (Wildman–Crippen MR) is 86.5 cm³/mol. The number of hydrogen-bond donors (Lipinski definition) is 2. The number of H-pyrrole nitrogens is 1. The topological polar surface area (TPSA) is 99.5 Å². The summed E-state index contributed by atoms with van der Waals surface area (Å²) in [6, 6.07) is 13.9. The van der Waals surface area contributed by atoms with Gasteiger partial charge in [-0.1, -0.05) is 12.1 Å². The van der Waals surface area contributed by atoms with Crippen molar-refractivity contribution in [1.82, 2.24) is 20.6 Å². The first kappa shape index (κ1) is 14.5. The summed E-state index contributed by atoms with van der Waals surface area (Å²) < 4.78 is 5.50. The Bertz CT molecular complexity index is 879. The Morgan fingerprint density at radius 3 is 2.87 bits per heavy atom. The molecule has 0 aliphatic carbocycles. The van der Waals surface area contributed by atoms with E-state index in [4.69, 9.17) is 10.00 Å². The zero-order chi connectivity index (χ0) is 16.1. The number of rotatable bonds is 5. The van der Waals surface area contributed by atoms with Gasteiger partial charge in [-0.3, -0.25) is 0 Å². The van der Waals surface area contributed by atoms with Gasteiger partial charge in [0.15, 0.2) is 0 Å². The molecule has 114 valence electrons. The number of ether oxygens (including phenoxy) is 1. The number of aromatic amines is 1. The lowest BCUT2D eigenvalue weighted by Gasteiger charge is -2.07. The molecule has 0 unspecified atom stereocenters. The summed E-state index contributed by atoms with van der Waals surface area (Å²) in [5.74, 6) is 1.10. The minimum absolute atomic E-state index is 0.252. The highest BCUT2D eigenvalue weighted by Gasteiger charge is 2.05. The van der Waals surface area contributed by atoms with Gasteiger partial charge in [-0.05, 0) is 47.2 Å². The summed E-state index contributed by atoms with van der Waals surface area (Å²) >= 11 is 0. The van der Waals surface area contributed by atoms with Gasteiger partial charge in [-0.2, -0.15) is 10.5 Å². The molecule has 2 N–H and O–H groups in total. The van der Waals surface area contributed by atoms with Gasteiger partial charge in [0.2, 0.25) is 5.82 Å². The van der Waals surface area contributed by atoms with Crippen molar-refractivity contribution in [2.75, 3.05) is 11.9 Å². The van der Waals surface area contributed by atoms with E-state index in [2.05, 4.69) is 25.9 Å². The van der Waals surface area contributed by atoms with Crippen molar-refractivity contribution >= 4 is 22.0 Å². The van der Waals surface area contributed by atoms with Crippen LogP contribution in [0.3, 0.4) is 0 Å². The molecule has 0 fully saturated rings. The Labute approximate surface area is 132 Å². The number of aromatic nitrogens is 4. The van der Waals surface area contributed by atoms with Crippen molar-refractivity contribution in [3.8, 4) is 11.8 Å². The molecule has 3 rings (SSSR count). The first-order valence-corrected chi connectivity index (χ1v) is 7.07. The van der Waals surface area contributed by atoms with E-state index in [1.54, 1.807) is 6.20 Å². The number of allylic oxidation sites excluding steroid dienone is 1. The summed E-state index contributed by atoms with van der Waals surface area (Å²) in [4.78, 5) is 0. The second-order valence-corrected chi connectivity index (χ2v) is 4.71. The smallest absolute Gasteiger partial charge is 0.216 e. The van der Waals surface area contributed by atoms with Crippen molar-refractivity contribution in [2.24, 2.45) is 0 Å². The van der Waals surface area contributed by atoms with Crippen molar-refractivity contribution < 1.29 is 4.74 Å². The fraction of sp³-hybridized carbons (Fsp3) is 0.125. The van der Waals surface area contributed by atoms with E-state index in [1.807, 2.05) is 49.4 Å². The van der Waals surface area contributed by atoms with E-state index < -0.39 is 0 Å². The highest BCUT2D eigenvalue weighted by molar-refractivity contribution is 5.87. The van der Waals surface area contributed by atoms with Gasteiger partial charge in [0.05, 0.1) is 6.61 Å². The number of nitrogens with one attached hydrogen (secondary N) is 2. The normalized spacial score (nSPS) is 11.2. The van der Waals surface area contributed by atoms with Gasteiger partial charge in [0, 0.05) is 11.9 Å². The SMILES string of the molecule is CCOc1ccc2cc(NC=C(C#N)c3nn[nH]n3)ccc2c1. The number of benzene rings is 2. The van der Waals surface area contributed by atoms with Crippen LogP contribution in [0.25, 0.3) is 16.3 Å². The molecular weight excluding hydrogens is 292 g/mol. The van der Waals surface area contributed by atoms with E-state index in [1.165, 1.54) is 0 Å². The summed E-state index contributed by atoms with van der Waals surface area (Å²) in [6.07, 6.45) is 1.56. The molecular formula is C16H14N6O. The number of fused-ring (bicyclic) bond motifs is 1. The quantitative estimate of drug-likeness (QED) is 0.703. The van der Waals surface area contributed by atoms with E-state index in [9.17, 15) is 0 Å². The average Bonchev–Trinajstić information content (AvgIpc) is 3.10. The van der Waals surface area contributed by atoms with E-state index >= 15 is 0 Å². The molecule has 0 amide bonds. The third-order valence-electron chi connectivity index (χ3n) is 3.21. The number of nitriles is 1. The van der Waals surface area contributed by atoms with Crippen molar-refractivity contribution in [3.63, 3.8) is 0 Å². The summed E-state index contributed by atoms with van der Waals surface area (Å²) in [6.45, 7) is 2.60. The summed E-state index contributed by atoms with van der Waals surface area (Å²) in [5.41, 5.74) is 1.16. The molecule has 1 aromatic heterocycles. The van der Waals surface area contributed by atoms with Gasteiger partial charge in [0.1, 0.15) is 17.4 Å². The molecule has 0 spiro atoms. The minimum atomic E-state index is 0.252. The van der Waals surface area contributed by atoms with E-state index in [0.717, 1.165) is 22.2 Å². The molecule has 23 heavy (non-hydrogen) atoms. The van der Waals surface area contributed by atoms with Crippen LogP contribution in [0.1, 0.15) is 12.7 Å².